The molecule has 234 valence electrons. The molecule has 1 unspecified atom stereocenters. The number of likely N-dealkylation sites (tertiary alicyclic amines) is 1. The van der Waals surface area contributed by atoms with Gasteiger partial charge in [-0.05, 0) is 88.1 Å². The normalized spacial score (nSPS) is 19.7. The molecule has 2 aromatic carbocycles. The van der Waals surface area contributed by atoms with Crippen LogP contribution in [0.5, 0.6) is 0 Å². The number of benzene rings is 2. The fourth-order valence-corrected chi connectivity index (χ4v) is 6.94. The third-order valence-corrected chi connectivity index (χ3v) is 9.11. The van der Waals surface area contributed by atoms with Crippen LogP contribution in [0.25, 0.3) is 27.5 Å². The molecule has 10 heteroatoms. The number of anilines is 1. The van der Waals surface area contributed by atoms with Crippen LogP contribution in [0, 0.1) is 11.8 Å². The average Bonchev–Trinajstić information content (AvgIpc) is 3.31. The molecule has 2 fully saturated rings. The Hall–Kier alpha value is -4.44. The fraction of sp³-hybridized carbons (Fsp3) is 0.429. The summed E-state index contributed by atoms with van der Waals surface area (Å²) in [5, 5.41) is 17.6. The molecule has 3 aromatic heterocycles. The smallest absolute Gasteiger partial charge is 0.407 e. The predicted molar refractivity (Wildman–Crippen MR) is 176 cm³/mol. The number of ether oxygens (including phenoxy) is 1. The van der Waals surface area contributed by atoms with Crippen molar-refractivity contribution in [3.8, 4) is 11.1 Å². The van der Waals surface area contributed by atoms with Crippen molar-refractivity contribution in [3.63, 3.8) is 0 Å². The highest BCUT2D eigenvalue weighted by molar-refractivity contribution is 5.93. The highest BCUT2D eigenvalue weighted by Gasteiger charge is 2.51. The number of aryl methyl sites for hydroxylation is 1. The summed E-state index contributed by atoms with van der Waals surface area (Å²) in [6, 6.07) is 19.4. The molecule has 0 bridgehead atoms. The number of hydrogen-bond donors (Lipinski definition) is 2. The second-order valence-electron chi connectivity index (χ2n) is 13.6. The van der Waals surface area contributed by atoms with Gasteiger partial charge in [-0.3, -0.25) is 9.58 Å². The summed E-state index contributed by atoms with van der Waals surface area (Å²) in [6.45, 7) is 9.18. The number of unbranched alkanes of at least 4 members (excludes halogenated alkanes) is 1. The molecule has 4 heterocycles. The van der Waals surface area contributed by atoms with Gasteiger partial charge in [-0.1, -0.05) is 47.7 Å². The summed E-state index contributed by atoms with van der Waals surface area (Å²) in [5.41, 5.74) is 12.9. The van der Waals surface area contributed by atoms with Gasteiger partial charge in [0.25, 0.3) is 0 Å². The van der Waals surface area contributed by atoms with Crippen LogP contribution < -0.4 is 11.1 Å². The number of carbonyl (C=O) groups excluding carboxylic acids is 1. The lowest BCUT2D eigenvalue weighted by molar-refractivity contribution is 0.0509. The SMILES string of the molecule is CC(C)(C)OC(=O)NC[C@@H]1C2C[C@H]2CN1CCCCc1cc(-c2ccc3cn(Cc4ccccc4)nc3c2)c2c(N)cnnn12. The van der Waals surface area contributed by atoms with Gasteiger partial charge in [0, 0.05) is 42.0 Å². The van der Waals surface area contributed by atoms with E-state index in [0.717, 1.165) is 78.1 Å². The number of aromatic nitrogens is 5. The van der Waals surface area contributed by atoms with E-state index in [1.807, 2.05) is 36.0 Å². The van der Waals surface area contributed by atoms with Crippen LogP contribution in [-0.2, 0) is 17.7 Å². The quantitative estimate of drug-likeness (QED) is 0.201. The van der Waals surface area contributed by atoms with Gasteiger partial charge in [-0.15, -0.1) is 5.10 Å². The van der Waals surface area contributed by atoms with Crippen molar-refractivity contribution in [1.82, 2.24) is 34.8 Å². The Morgan fingerprint density at radius 1 is 1.11 bits per heavy atom. The molecule has 3 atom stereocenters. The number of nitrogens with two attached hydrogens (primary N) is 1. The second-order valence-corrected chi connectivity index (χ2v) is 13.6. The summed E-state index contributed by atoms with van der Waals surface area (Å²) in [5.74, 6) is 1.46. The number of nitrogens with one attached hydrogen (secondary N) is 1. The lowest BCUT2D eigenvalue weighted by atomic mass is 10.0. The third-order valence-electron chi connectivity index (χ3n) is 9.11. The Bertz CT molecular complexity index is 1820. The lowest BCUT2D eigenvalue weighted by Gasteiger charge is -2.28. The van der Waals surface area contributed by atoms with E-state index in [9.17, 15) is 4.79 Å². The summed E-state index contributed by atoms with van der Waals surface area (Å²) < 4.78 is 9.35. The van der Waals surface area contributed by atoms with Crippen LogP contribution in [0.15, 0.2) is 67.0 Å². The number of amides is 1. The first kappa shape index (κ1) is 29.3. The van der Waals surface area contributed by atoms with Crippen LogP contribution in [0.4, 0.5) is 10.5 Å². The van der Waals surface area contributed by atoms with Gasteiger partial charge in [0.2, 0.25) is 0 Å². The first-order valence-corrected chi connectivity index (χ1v) is 16.1. The molecule has 0 radical (unpaired) electrons. The van der Waals surface area contributed by atoms with Crippen LogP contribution in [0.3, 0.4) is 0 Å². The van der Waals surface area contributed by atoms with Crippen molar-refractivity contribution in [2.24, 2.45) is 11.8 Å². The van der Waals surface area contributed by atoms with Gasteiger partial charge in [-0.2, -0.15) is 5.10 Å². The number of piperidine rings is 1. The molecular formula is C35H42N8O2. The number of nitrogens with zero attached hydrogens (tertiary/aromatic N) is 6. The molecule has 0 spiro atoms. The fourth-order valence-electron chi connectivity index (χ4n) is 6.94. The summed E-state index contributed by atoms with van der Waals surface area (Å²) >= 11 is 0. The van der Waals surface area contributed by atoms with Gasteiger partial charge in [0.05, 0.1) is 29.5 Å². The lowest BCUT2D eigenvalue weighted by Crippen LogP contribution is -2.44. The minimum absolute atomic E-state index is 0.331. The van der Waals surface area contributed by atoms with E-state index >= 15 is 0 Å². The Kier molecular flexibility index (Phi) is 7.69. The van der Waals surface area contributed by atoms with Crippen molar-refractivity contribution in [3.05, 3.63) is 78.2 Å². The molecule has 45 heavy (non-hydrogen) atoms. The Balaban J connectivity index is 1.02. The first-order chi connectivity index (χ1) is 21.7. The number of alkyl carbamates (subject to hydrolysis) is 1. The molecule has 5 aromatic rings. The third kappa shape index (κ3) is 6.38. The van der Waals surface area contributed by atoms with Crippen molar-refractivity contribution in [1.29, 1.82) is 0 Å². The maximum absolute atomic E-state index is 12.2. The van der Waals surface area contributed by atoms with Crippen molar-refractivity contribution >= 4 is 28.2 Å². The monoisotopic (exact) mass is 606 g/mol. The molecule has 1 amide bonds. The summed E-state index contributed by atoms with van der Waals surface area (Å²) in [4.78, 5) is 14.8. The molecule has 3 N–H and O–H groups in total. The molecular weight excluding hydrogens is 564 g/mol. The summed E-state index contributed by atoms with van der Waals surface area (Å²) in [6.07, 6.45) is 7.61. The number of nitrogen functional groups attached to an aromatic ring is 1. The minimum atomic E-state index is -0.488. The minimum Gasteiger partial charge on any atom is -0.444 e. The maximum atomic E-state index is 12.2. The van der Waals surface area contributed by atoms with Crippen molar-refractivity contribution in [2.75, 3.05) is 25.4 Å². The van der Waals surface area contributed by atoms with Crippen molar-refractivity contribution in [2.45, 2.75) is 64.6 Å². The Morgan fingerprint density at radius 2 is 1.96 bits per heavy atom. The average molecular weight is 607 g/mol. The van der Waals surface area contributed by atoms with Gasteiger partial charge in [0.15, 0.2) is 0 Å². The number of hydrogen-bond acceptors (Lipinski definition) is 7. The maximum Gasteiger partial charge on any atom is 0.407 e. The van der Waals surface area contributed by atoms with Crippen LogP contribution in [0.2, 0.25) is 0 Å². The van der Waals surface area contributed by atoms with E-state index in [4.69, 9.17) is 15.6 Å². The number of carbonyl (C=O) groups is 1. The van der Waals surface area contributed by atoms with E-state index in [-0.39, 0.29) is 6.09 Å². The van der Waals surface area contributed by atoms with Crippen LogP contribution >= 0.6 is 0 Å². The van der Waals surface area contributed by atoms with E-state index in [1.54, 1.807) is 6.20 Å². The Labute approximate surface area is 263 Å². The van der Waals surface area contributed by atoms with Gasteiger partial charge >= 0.3 is 6.09 Å². The van der Waals surface area contributed by atoms with Gasteiger partial charge in [-0.25, -0.2) is 9.31 Å². The molecule has 2 aliphatic rings. The standard InChI is InChI=1S/C35H42N8O2/c1-35(2,3)45-34(44)37-19-32-28-15-26(28)21-41(32)14-8-7-11-27-17-29(33-30(36)18-38-40-43(27)33)24-12-13-25-22-42(39-31(25)16-24)20-23-9-5-4-6-10-23/h4-6,9-10,12-13,16-18,22,26,28,32H,7-8,11,14-15,19-21,36H2,1-3H3,(H,37,44)/t26-,28?,32+/m0/s1. The van der Waals surface area contributed by atoms with Crippen LogP contribution in [-0.4, -0.2) is 66.9 Å². The van der Waals surface area contributed by atoms with Gasteiger partial charge in [0.1, 0.15) is 5.60 Å². The van der Waals surface area contributed by atoms with E-state index in [1.165, 1.54) is 12.0 Å². The van der Waals surface area contributed by atoms with Crippen molar-refractivity contribution < 1.29 is 9.53 Å². The number of rotatable bonds is 10. The molecule has 7 rings (SSSR count). The number of fused-ring (bicyclic) bond motifs is 3. The topological polar surface area (TPSA) is 116 Å². The molecule has 1 saturated heterocycles. The van der Waals surface area contributed by atoms with E-state index < -0.39 is 5.60 Å². The molecule has 1 aliphatic carbocycles. The second kappa shape index (κ2) is 11.8. The highest BCUT2D eigenvalue weighted by Crippen LogP contribution is 2.49. The molecule has 1 aliphatic heterocycles. The molecule has 10 nitrogen and oxygen atoms in total. The van der Waals surface area contributed by atoms with Gasteiger partial charge < -0.3 is 15.8 Å². The predicted octanol–water partition coefficient (Wildman–Crippen LogP) is 5.54. The van der Waals surface area contributed by atoms with E-state index in [2.05, 4.69) is 75.3 Å². The zero-order valence-electron chi connectivity index (χ0n) is 26.3. The van der Waals surface area contributed by atoms with E-state index in [0.29, 0.717) is 24.2 Å². The highest BCUT2D eigenvalue weighted by atomic mass is 16.6. The zero-order chi connectivity index (χ0) is 31.1. The summed E-state index contributed by atoms with van der Waals surface area (Å²) in [7, 11) is 0. The zero-order valence-corrected chi connectivity index (χ0v) is 26.3. The Morgan fingerprint density at radius 3 is 2.78 bits per heavy atom. The first-order valence-electron chi connectivity index (χ1n) is 16.1. The van der Waals surface area contributed by atoms with Crippen LogP contribution in [0.1, 0.15) is 51.3 Å². The largest absolute Gasteiger partial charge is 0.444 e. The molecule has 1 saturated carbocycles.